The molecule has 22 heavy (non-hydrogen) atoms. The monoisotopic (exact) mass is 330 g/mol. The lowest BCUT2D eigenvalue weighted by Crippen LogP contribution is -2.52. The van der Waals surface area contributed by atoms with Gasteiger partial charge in [0.15, 0.2) is 0 Å². The third kappa shape index (κ3) is 3.49. The van der Waals surface area contributed by atoms with Gasteiger partial charge in [-0.05, 0) is 25.5 Å². The maximum atomic E-state index is 12.4. The van der Waals surface area contributed by atoms with Crippen LogP contribution in [0.15, 0.2) is 17.2 Å². The lowest BCUT2D eigenvalue weighted by atomic mass is 9.99. The molecule has 1 aliphatic heterocycles. The fourth-order valence-electron chi connectivity index (χ4n) is 2.71. The van der Waals surface area contributed by atoms with E-state index in [-0.39, 0.29) is 22.7 Å². The number of amides is 1. The van der Waals surface area contributed by atoms with Gasteiger partial charge in [-0.2, -0.15) is 0 Å². The quantitative estimate of drug-likeness (QED) is 0.603. The van der Waals surface area contributed by atoms with Gasteiger partial charge in [-0.3, -0.25) is 4.79 Å². The number of carbonyl (C=O) groups is 1. The molecular formula is C13H22N4O4S. The van der Waals surface area contributed by atoms with Gasteiger partial charge < -0.3 is 20.4 Å². The number of ether oxygens (including phenoxy) is 1. The molecule has 1 atom stereocenters. The minimum absolute atomic E-state index is 0.0226. The maximum absolute atomic E-state index is 12.4. The molecule has 1 aromatic heterocycles. The van der Waals surface area contributed by atoms with Crippen LogP contribution in [0.25, 0.3) is 0 Å². The molecule has 124 valence electrons. The first kappa shape index (κ1) is 16.9. The molecule has 0 spiro atoms. The van der Waals surface area contributed by atoms with E-state index >= 15 is 0 Å². The van der Waals surface area contributed by atoms with Crippen LogP contribution in [-0.2, 0) is 21.8 Å². The zero-order chi connectivity index (χ0) is 16.4. The minimum Gasteiger partial charge on any atom is -0.383 e. The number of primary amides is 1. The molecule has 9 heteroatoms. The molecule has 0 aliphatic carbocycles. The van der Waals surface area contributed by atoms with Crippen molar-refractivity contribution >= 4 is 15.9 Å². The van der Waals surface area contributed by atoms with Crippen molar-refractivity contribution in [1.82, 2.24) is 14.6 Å². The summed E-state index contributed by atoms with van der Waals surface area (Å²) in [5.41, 5.74) is 4.96. The molecule has 2 rings (SSSR count). The van der Waals surface area contributed by atoms with Crippen molar-refractivity contribution in [2.75, 3.05) is 26.8 Å². The third-order valence-corrected chi connectivity index (χ3v) is 5.26. The number of nitrogens with one attached hydrogen (secondary N) is 2. The zero-order valence-corrected chi connectivity index (χ0v) is 13.6. The Morgan fingerprint density at radius 2 is 2.32 bits per heavy atom. The molecule has 1 fully saturated rings. The predicted molar refractivity (Wildman–Crippen MR) is 81.0 cm³/mol. The summed E-state index contributed by atoms with van der Waals surface area (Å²) in [6.07, 6.45) is 3.18. The van der Waals surface area contributed by atoms with Crippen LogP contribution >= 0.6 is 0 Å². The molecule has 1 amide bonds. The molecule has 0 bridgehead atoms. The number of carbonyl (C=O) groups excluding carboxylic acids is 1. The Bertz CT molecular complexity index is 647. The highest BCUT2D eigenvalue weighted by atomic mass is 32.2. The molecule has 0 aromatic carbocycles. The van der Waals surface area contributed by atoms with Crippen LogP contribution in [0.4, 0.5) is 0 Å². The number of nitrogens with two attached hydrogens (primary N) is 1. The van der Waals surface area contributed by atoms with Crippen LogP contribution < -0.4 is 15.8 Å². The summed E-state index contributed by atoms with van der Waals surface area (Å²) in [6.45, 7) is 1.49. The van der Waals surface area contributed by atoms with Gasteiger partial charge in [0.05, 0.1) is 12.1 Å². The van der Waals surface area contributed by atoms with Crippen molar-refractivity contribution < 1.29 is 17.9 Å². The average Bonchev–Trinajstić information content (AvgIpc) is 3.05. The first-order valence-corrected chi connectivity index (χ1v) is 8.48. The van der Waals surface area contributed by atoms with Gasteiger partial charge in [-0.1, -0.05) is 0 Å². The minimum atomic E-state index is -3.71. The molecule has 1 aromatic rings. The zero-order valence-electron chi connectivity index (χ0n) is 12.8. The highest BCUT2D eigenvalue weighted by molar-refractivity contribution is 7.89. The molecule has 0 saturated carbocycles. The Labute approximate surface area is 130 Å². The van der Waals surface area contributed by atoms with Gasteiger partial charge in [0.1, 0.15) is 10.6 Å². The highest BCUT2D eigenvalue weighted by Crippen LogP contribution is 2.20. The van der Waals surface area contributed by atoms with E-state index in [1.165, 1.54) is 16.8 Å². The molecule has 1 unspecified atom stereocenters. The molecule has 1 saturated heterocycles. The van der Waals surface area contributed by atoms with E-state index in [4.69, 9.17) is 10.5 Å². The van der Waals surface area contributed by atoms with E-state index < -0.39 is 15.9 Å². The first-order chi connectivity index (χ1) is 10.3. The second-order valence-electron chi connectivity index (χ2n) is 5.60. The van der Waals surface area contributed by atoms with Crippen molar-refractivity contribution in [3.05, 3.63) is 18.0 Å². The summed E-state index contributed by atoms with van der Waals surface area (Å²) in [5, 5.41) is 3.30. The first-order valence-electron chi connectivity index (χ1n) is 6.99. The average molecular weight is 330 g/mol. The normalized spacial score (nSPS) is 22.1. The SMILES string of the molecule is COCC1(CNS(=O)(=O)c2cc(C(N)=O)n(C)c2)CCCN1. The van der Waals surface area contributed by atoms with Gasteiger partial charge in [0.25, 0.3) is 5.91 Å². The standard InChI is InChI=1S/C13H22N4O4S/c1-17-7-10(6-11(17)12(14)18)22(19,20)16-8-13(9-21-2)4-3-5-15-13/h6-7,15-16H,3-5,8-9H2,1-2H3,(H2,14,18). The molecule has 4 N–H and O–H groups in total. The van der Waals surface area contributed by atoms with Crippen molar-refractivity contribution in [1.29, 1.82) is 0 Å². The smallest absolute Gasteiger partial charge is 0.265 e. The number of aromatic nitrogens is 1. The molecule has 1 aliphatic rings. The fourth-order valence-corrected chi connectivity index (χ4v) is 3.91. The van der Waals surface area contributed by atoms with Gasteiger partial charge in [-0.25, -0.2) is 13.1 Å². The Morgan fingerprint density at radius 1 is 1.59 bits per heavy atom. The lowest BCUT2D eigenvalue weighted by Gasteiger charge is -2.28. The summed E-state index contributed by atoms with van der Waals surface area (Å²) in [7, 11) is -0.550. The van der Waals surface area contributed by atoms with Crippen LogP contribution in [0, 0.1) is 0 Å². The van der Waals surface area contributed by atoms with Crippen LogP contribution in [0.2, 0.25) is 0 Å². The van der Waals surface area contributed by atoms with E-state index in [0.717, 1.165) is 19.4 Å². The molecule has 8 nitrogen and oxygen atoms in total. The largest absolute Gasteiger partial charge is 0.383 e. The van der Waals surface area contributed by atoms with Crippen LogP contribution in [0.5, 0.6) is 0 Å². The summed E-state index contributed by atoms with van der Waals surface area (Å²) in [4.78, 5) is 11.2. The van der Waals surface area contributed by atoms with E-state index in [1.807, 2.05) is 0 Å². The number of hydrogen-bond acceptors (Lipinski definition) is 5. The van der Waals surface area contributed by atoms with Crippen molar-refractivity contribution in [3.8, 4) is 0 Å². The Morgan fingerprint density at radius 3 is 2.82 bits per heavy atom. The number of sulfonamides is 1. The Kier molecular flexibility index (Phi) is 4.90. The number of nitrogens with zero attached hydrogens (tertiary/aromatic N) is 1. The predicted octanol–water partition coefficient (Wildman–Crippen LogP) is -0.829. The van der Waals surface area contributed by atoms with Crippen molar-refractivity contribution in [2.45, 2.75) is 23.3 Å². The summed E-state index contributed by atoms with van der Waals surface area (Å²) in [6, 6.07) is 1.27. The second kappa shape index (κ2) is 6.37. The van der Waals surface area contributed by atoms with Gasteiger partial charge in [0.2, 0.25) is 10.0 Å². The number of hydrogen-bond donors (Lipinski definition) is 3. The molecule has 0 radical (unpaired) electrons. The van der Waals surface area contributed by atoms with Crippen LogP contribution in [0.3, 0.4) is 0 Å². The van der Waals surface area contributed by atoms with Gasteiger partial charge >= 0.3 is 0 Å². The van der Waals surface area contributed by atoms with E-state index in [9.17, 15) is 13.2 Å². The summed E-state index contributed by atoms with van der Waals surface area (Å²) in [5.74, 6) is -0.669. The van der Waals surface area contributed by atoms with Crippen molar-refractivity contribution in [3.63, 3.8) is 0 Å². The maximum Gasteiger partial charge on any atom is 0.265 e. The Hall–Kier alpha value is -1.42. The molecular weight excluding hydrogens is 308 g/mol. The number of methoxy groups -OCH3 is 1. The Balaban J connectivity index is 2.14. The van der Waals surface area contributed by atoms with Crippen molar-refractivity contribution in [2.24, 2.45) is 12.8 Å². The number of aryl methyl sites for hydroxylation is 1. The lowest BCUT2D eigenvalue weighted by molar-refractivity contribution is 0.0992. The third-order valence-electron chi connectivity index (χ3n) is 3.90. The number of rotatable bonds is 7. The van der Waals surface area contributed by atoms with E-state index in [0.29, 0.717) is 6.61 Å². The molecule has 2 heterocycles. The fraction of sp³-hybridized carbons (Fsp3) is 0.615. The summed E-state index contributed by atoms with van der Waals surface area (Å²) < 4.78 is 33.9. The topological polar surface area (TPSA) is 115 Å². The summed E-state index contributed by atoms with van der Waals surface area (Å²) >= 11 is 0. The van der Waals surface area contributed by atoms with Crippen LogP contribution in [-0.4, -0.2) is 51.2 Å². The second-order valence-corrected chi connectivity index (χ2v) is 7.37. The van der Waals surface area contributed by atoms with Gasteiger partial charge in [-0.15, -0.1) is 0 Å². The van der Waals surface area contributed by atoms with E-state index in [2.05, 4.69) is 10.0 Å². The van der Waals surface area contributed by atoms with Gasteiger partial charge in [0, 0.05) is 26.9 Å². The highest BCUT2D eigenvalue weighted by Gasteiger charge is 2.35. The van der Waals surface area contributed by atoms with E-state index in [1.54, 1.807) is 14.2 Å². The van der Waals surface area contributed by atoms with Crippen LogP contribution in [0.1, 0.15) is 23.3 Å².